The van der Waals surface area contributed by atoms with Crippen molar-refractivity contribution in [2.24, 2.45) is 0 Å². The van der Waals surface area contributed by atoms with Gasteiger partial charge in [-0.05, 0) is 31.4 Å². The molecule has 0 aliphatic rings. The van der Waals surface area contributed by atoms with Crippen LogP contribution in [0.1, 0.15) is 47.2 Å². The second-order valence-electron chi connectivity index (χ2n) is 6.37. The lowest BCUT2D eigenvalue weighted by molar-refractivity contribution is 0.0958. The van der Waals surface area contributed by atoms with Crippen molar-refractivity contribution in [2.45, 2.75) is 33.6 Å². The first-order valence-corrected chi connectivity index (χ1v) is 9.25. The van der Waals surface area contributed by atoms with Gasteiger partial charge < -0.3 is 0 Å². The van der Waals surface area contributed by atoms with Crippen molar-refractivity contribution in [1.29, 1.82) is 0 Å². The summed E-state index contributed by atoms with van der Waals surface area (Å²) in [4.78, 5) is 25.2. The first kappa shape index (κ1) is 18.0. The molecule has 0 aliphatic heterocycles. The molecule has 134 valence electrons. The van der Waals surface area contributed by atoms with Crippen LogP contribution in [-0.2, 0) is 0 Å². The Balaban J connectivity index is 1.67. The molecule has 0 unspecified atom stereocenters. The molecular formula is C19H21N5OS. The van der Waals surface area contributed by atoms with Crippen LogP contribution in [-0.4, -0.2) is 20.9 Å². The van der Waals surface area contributed by atoms with Gasteiger partial charge in [0.25, 0.3) is 5.91 Å². The largest absolute Gasteiger partial charge is 0.289 e. The molecule has 2 N–H and O–H groups in total. The van der Waals surface area contributed by atoms with Gasteiger partial charge in [-0.25, -0.2) is 15.0 Å². The van der Waals surface area contributed by atoms with Gasteiger partial charge in [-0.2, -0.15) is 0 Å². The van der Waals surface area contributed by atoms with Crippen molar-refractivity contribution in [3.05, 3.63) is 58.4 Å². The van der Waals surface area contributed by atoms with Crippen molar-refractivity contribution in [1.82, 2.24) is 20.4 Å². The third kappa shape index (κ3) is 4.23. The predicted molar refractivity (Wildman–Crippen MR) is 104 cm³/mol. The summed E-state index contributed by atoms with van der Waals surface area (Å²) in [6, 6.07) is 10.1. The Kier molecular flexibility index (Phi) is 5.27. The summed E-state index contributed by atoms with van der Waals surface area (Å²) >= 11 is 1.44. The van der Waals surface area contributed by atoms with Gasteiger partial charge in [0.05, 0.1) is 0 Å². The second kappa shape index (κ2) is 7.61. The minimum absolute atomic E-state index is 0.325. The highest BCUT2D eigenvalue weighted by Crippen LogP contribution is 2.25. The van der Waals surface area contributed by atoms with Crippen LogP contribution in [0.2, 0.25) is 0 Å². The molecule has 0 saturated heterocycles. The smallest absolute Gasteiger partial charge is 0.266 e. The normalized spacial score (nSPS) is 10.8. The third-order valence-corrected chi connectivity index (χ3v) is 4.72. The lowest BCUT2D eigenvalue weighted by atomic mass is 10.0. The highest BCUT2D eigenvalue weighted by molar-refractivity contribution is 7.13. The van der Waals surface area contributed by atoms with E-state index in [1.54, 1.807) is 5.38 Å². The van der Waals surface area contributed by atoms with E-state index >= 15 is 0 Å². The molecule has 0 fully saturated rings. The average molecular weight is 367 g/mol. The molecule has 7 heteroatoms. The van der Waals surface area contributed by atoms with Crippen LogP contribution in [0, 0.1) is 13.8 Å². The molecule has 0 bridgehead atoms. The molecule has 3 rings (SSSR count). The fourth-order valence-corrected chi connectivity index (χ4v) is 3.29. The standard InChI is InChI=1S/C19H21N5OS/c1-11(2)14-5-7-15(8-6-14)18-22-16(10-26-18)17(25)23-24-19-20-12(3)9-13(4)21-19/h5-11H,1-4H3,(H,23,25)(H,20,21,24). The van der Waals surface area contributed by atoms with Crippen molar-refractivity contribution in [3.8, 4) is 10.6 Å². The molecule has 6 nitrogen and oxygen atoms in total. The van der Waals surface area contributed by atoms with E-state index in [1.165, 1.54) is 16.9 Å². The number of aryl methyl sites for hydroxylation is 2. The van der Waals surface area contributed by atoms with Crippen molar-refractivity contribution >= 4 is 23.2 Å². The summed E-state index contributed by atoms with van der Waals surface area (Å²) in [5, 5.41) is 2.55. The minimum atomic E-state index is -0.325. The zero-order valence-electron chi connectivity index (χ0n) is 15.2. The van der Waals surface area contributed by atoms with Gasteiger partial charge in [-0.3, -0.25) is 15.6 Å². The minimum Gasteiger partial charge on any atom is -0.266 e. The van der Waals surface area contributed by atoms with Crippen molar-refractivity contribution in [2.75, 3.05) is 5.43 Å². The number of rotatable bonds is 5. The molecule has 2 heterocycles. The number of nitrogens with zero attached hydrogens (tertiary/aromatic N) is 3. The van der Waals surface area contributed by atoms with E-state index in [0.29, 0.717) is 17.6 Å². The summed E-state index contributed by atoms with van der Waals surface area (Å²) < 4.78 is 0. The Bertz CT molecular complexity index is 898. The molecule has 1 aromatic carbocycles. The Hall–Kier alpha value is -2.80. The van der Waals surface area contributed by atoms with Crippen LogP contribution in [0.3, 0.4) is 0 Å². The molecule has 26 heavy (non-hydrogen) atoms. The Morgan fingerprint density at radius 2 is 1.69 bits per heavy atom. The zero-order valence-corrected chi connectivity index (χ0v) is 16.0. The van der Waals surface area contributed by atoms with Gasteiger partial charge in [0.2, 0.25) is 5.95 Å². The van der Waals surface area contributed by atoms with Crippen LogP contribution in [0.15, 0.2) is 35.7 Å². The summed E-state index contributed by atoms with van der Waals surface area (Å²) in [6.45, 7) is 8.07. The SMILES string of the molecule is Cc1cc(C)nc(NNC(=O)c2csc(-c3ccc(C(C)C)cc3)n2)n1. The quantitative estimate of drug-likeness (QED) is 0.664. The Labute approximate surface area is 156 Å². The molecule has 2 aromatic heterocycles. The van der Waals surface area contributed by atoms with Gasteiger partial charge in [0.15, 0.2) is 0 Å². The molecule has 0 radical (unpaired) electrons. The lowest BCUT2D eigenvalue weighted by Crippen LogP contribution is -2.30. The van der Waals surface area contributed by atoms with Crippen LogP contribution in [0.4, 0.5) is 5.95 Å². The Morgan fingerprint density at radius 1 is 1.04 bits per heavy atom. The molecule has 0 atom stereocenters. The van der Waals surface area contributed by atoms with Gasteiger partial charge in [-0.1, -0.05) is 38.1 Å². The molecule has 0 aliphatic carbocycles. The predicted octanol–water partition coefficient (Wildman–Crippen LogP) is 4.10. The van der Waals surface area contributed by atoms with Crippen molar-refractivity contribution < 1.29 is 4.79 Å². The van der Waals surface area contributed by atoms with Crippen molar-refractivity contribution in [3.63, 3.8) is 0 Å². The van der Waals surface area contributed by atoms with Crippen LogP contribution < -0.4 is 10.9 Å². The number of nitrogens with one attached hydrogen (secondary N) is 2. The molecule has 3 aromatic rings. The third-order valence-electron chi connectivity index (χ3n) is 3.83. The topological polar surface area (TPSA) is 79.8 Å². The van der Waals surface area contributed by atoms with Gasteiger partial charge in [0.1, 0.15) is 10.7 Å². The number of thiazole rings is 1. The number of benzene rings is 1. The van der Waals surface area contributed by atoms with E-state index in [9.17, 15) is 4.79 Å². The lowest BCUT2D eigenvalue weighted by Gasteiger charge is -2.07. The number of carbonyl (C=O) groups excluding carboxylic acids is 1. The summed E-state index contributed by atoms with van der Waals surface area (Å²) in [5.41, 5.74) is 9.62. The highest BCUT2D eigenvalue weighted by atomic mass is 32.1. The maximum atomic E-state index is 12.3. The average Bonchev–Trinajstić information content (AvgIpc) is 3.09. The summed E-state index contributed by atoms with van der Waals surface area (Å²) in [7, 11) is 0. The monoisotopic (exact) mass is 367 g/mol. The van der Waals surface area contributed by atoms with Gasteiger partial charge in [-0.15, -0.1) is 11.3 Å². The van der Waals surface area contributed by atoms with E-state index in [2.05, 4.69) is 51.8 Å². The Morgan fingerprint density at radius 3 is 2.31 bits per heavy atom. The molecule has 0 saturated carbocycles. The van der Waals surface area contributed by atoms with E-state index in [-0.39, 0.29) is 5.91 Å². The van der Waals surface area contributed by atoms with Crippen LogP contribution in [0.25, 0.3) is 10.6 Å². The maximum Gasteiger partial charge on any atom is 0.289 e. The van der Waals surface area contributed by atoms with Crippen LogP contribution >= 0.6 is 11.3 Å². The zero-order chi connectivity index (χ0) is 18.7. The number of anilines is 1. The fourth-order valence-electron chi connectivity index (χ4n) is 2.48. The number of hydrazine groups is 1. The summed E-state index contributed by atoms with van der Waals surface area (Å²) in [5.74, 6) is 0.518. The second-order valence-corrected chi connectivity index (χ2v) is 7.23. The number of hydrogen-bond donors (Lipinski definition) is 2. The molecule has 0 spiro atoms. The first-order valence-electron chi connectivity index (χ1n) is 8.37. The van der Waals surface area contributed by atoms with E-state index in [0.717, 1.165) is 22.0 Å². The fraction of sp³-hybridized carbons (Fsp3) is 0.263. The highest BCUT2D eigenvalue weighted by Gasteiger charge is 2.12. The van der Waals surface area contributed by atoms with Gasteiger partial charge >= 0.3 is 0 Å². The number of amides is 1. The number of aromatic nitrogens is 3. The molecular weight excluding hydrogens is 346 g/mol. The first-order chi connectivity index (χ1) is 12.4. The van der Waals surface area contributed by atoms with E-state index < -0.39 is 0 Å². The summed E-state index contributed by atoms with van der Waals surface area (Å²) in [6.07, 6.45) is 0. The van der Waals surface area contributed by atoms with E-state index in [1.807, 2.05) is 32.0 Å². The maximum absolute atomic E-state index is 12.3. The van der Waals surface area contributed by atoms with E-state index in [4.69, 9.17) is 0 Å². The molecule has 1 amide bonds. The van der Waals surface area contributed by atoms with Crippen LogP contribution in [0.5, 0.6) is 0 Å². The van der Waals surface area contributed by atoms with Gasteiger partial charge in [0, 0.05) is 22.3 Å². The number of carbonyl (C=O) groups is 1. The number of hydrogen-bond acceptors (Lipinski definition) is 6.